The lowest BCUT2D eigenvalue weighted by Crippen LogP contribution is -2.46. The lowest BCUT2D eigenvalue weighted by atomic mass is 10.1. The van der Waals surface area contributed by atoms with Gasteiger partial charge in [-0.3, -0.25) is 14.5 Å². The van der Waals surface area contributed by atoms with E-state index >= 15 is 0 Å². The highest BCUT2D eigenvalue weighted by Gasteiger charge is 2.38. The number of hydrogen-bond acceptors (Lipinski definition) is 4. The second-order valence-electron chi connectivity index (χ2n) is 7.01. The monoisotopic (exact) mass is 412 g/mol. The standard InChI is InChI=1S/C22H21ClN2O4/c23-16-9-3-4-10-17(16)25(22(27)19-12-6-14-29-19)20(18-11-5-13-28-18)21(26)24-15-7-1-2-8-15/h3-6,9-15,20H,1-2,7-8H2,(H,24,26)/t20-/m1/s1. The minimum atomic E-state index is -1.02. The van der Waals surface area contributed by atoms with Crippen LogP contribution in [0.15, 0.2) is 69.9 Å². The molecule has 7 heteroatoms. The first-order valence-electron chi connectivity index (χ1n) is 9.60. The number of anilines is 1. The zero-order valence-corrected chi connectivity index (χ0v) is 16.5. The van der Waals surface area contributed by atoms with Gasteiger partial charge in [-0.25, -0.2) is 0 Å². The Kier molecular flexibility index (Phi) is 5.71. The Morgan fingerprint density at radius 1 is 1.00 bits per heavy atom. The summed E-state index contributed by atoms with van der Waals surface area (Å²) in [5, 5.41) is 3.42. The van der Waals surface area contributed by atoms with Gasteiger partial charge in [0.15, 0.2) is 11.8 Å². The number of furan rings is 2. The maximum Gasteiger partial charge on any atom is 0.295 e. The third kappa shape index (κ3) is 4.07. The molecule has 3 aromatic rings. The first-order chi connectivity index (χ1) is 14.1. The summed E-state index contributed by atoms with van der Waals surface area (Å²) < 4.78 is 10.9. The topological polar surface area (TPSA) is 75.7 Å². The van der Waals surface area contributed by atoms with Crippen LogP contribution in [0.4, 0.5) is 5.69 Å². The van der Waals surface area contributed by atoms with Gasteiger partial charge in [-0.05, 0) is 49.2 Å². The first-order valence-corrected chi connectivity index (χ1v) is 9.98. The Morgan fingerprint density at radius 2 is 1.72 bits per heavy atom. The summed E-state index contributed by atoms with van der Waals surface area (Å²) >= 11 is 6.42. The van der Waals surface area contributed by atoms with E-state index in [9.17, 15) is 9.59 Å². The quantitative estimate of drug-likeness (QED) is 0.620. The maximum absolute atomic E-state index is 13.4. The average molecular weight is 413 g/mol. The summed E-state index contributed by atoms with van der Waals surface area (Å²) in [5.74, 6) is -0.340. The molecule has 0 aliphatic heterocycles. The summed E-state index contributed by atoms with van der Waals surface area (Å²) in [7, 11) is 0. The van der Waals surface area contributed by atoms with Gasteiger partial charge in [0, 0.05) is 6.04 Å². The molecule has 1 aliphatic rings. The lowest BCUT2D eigenvalue weighted by Gasteiger charge is -2.30. The van der Waals surface area contributed by atoms with Crippen LogP contribution in [0.25, 0.3) is 0 Å². The molecule has 6 nitrogen and oxygen atoms in total. The molecule has 1 atom stereocenters. The number of rotatable bonds is 6. The summed E-state index contributed by atoms with van der Waals surface area (Å²) in [6, 6.07) is 12.5. The molecular weight excluding hydrogens is 392 g/mol. The van der Waals surface area contributed by atoms with Crippen molar-refractivity contribution in [2.75, 3.05) is 4.90 Å². The van der Waals surface area contributed by atoms with Crippen LogP contribution < -0.4 is 10.2 Å². The number of amides is 2. The number of para-hydroxylation sites is 1. The van der Waals surface area contributed by atoms with Crippen molar-refractivity contribution in [3.8, 4) is 0 Å². The minimum absolute atomic E-state index is 0.0896. The van der Waals surface area contributed by atoms with Crippen molar-refractivity contribution in [2.45, 2.75) is 37.8 Å². The van der Waals surface area contributed by atoms with Gasteiger partial charge in [-0.2, -0.15) is 0 Å². The highest BCUT2D eigenvalue weighted by molar-refractivity contribution is 6.34. The fourth-order valence-electron chi connectivity index (χ4n) is 3.70. The maximum atomic E-state index is 13.4. The summed E-state index contributed by atoms with van der Waals surface area (Å²) in [6.07, 6.45) is 6.90. The molecule has 2 aromatic heterocycles. The fourth-order valence-corrected chi connectivity index (χ4v) is 3.93. The summed E-state index contributed by atoms with van der Waals surface area (Å²) in [5.41, 5.74) is 0.401. The molecule has 1 aromatic carbocycles. The molecule has 0 radical (unpaired) electrons. The molecule has 0 unspecified atom stereocenters. The van der Waals surface area contributed by atoms with Crippen LogP contribution in [0, 0.1) is 0 Å². The van der Waals surface area contributed by atoms with E-state index in [4.69, 9.17) is 20.4 Å². The number of nitrogens with zero attached hydrogens (tertiary/aromatic N) is 1. The molecule has 1 saturated carbocycles. The van der Waals surface area contributed by atoms with Crippen LogP contribution in [0.2, 0.25) is 5.02 Å². The van der Waals surface area contributed by atoms with Crippen molar-refractivity contribution in [3.05, 3.63) is 77.6 Å². The van der Waals surface area contributed by atoms with Gasteiger partial charge in [0.25, 0.3) is 11.8 Å². The van der Waals surface area contributed by atoms with Crippen molar-refractivity contribution < 1.29 is 18.4 Å². The summed E-state index contributed by atoms with van der Waals surface area (Å²) in [4.78, 5) is 28.1. The second-order valence-corrected chi connectivity index (χ2v) is 7.42. The van der Waals surface area contributed by atoms with Gasteiger partial charge in [0.2, 0.25) is 0 Å². The molecule has 2 heterocycles. The van der Waals surface area contributed by atoms with Gasteiger partial charge in [-0.1, -0.05) is 36.6 Å². The van der Waals surface area contributed by atoms with Gasteiger partial charge < -0.3 is 14.2 Å². The van der Waals surface area contributed by atoms with Gasteiger partial charge in [0.1, 0.15) is 5.76 Å². The molecular formula is C22H21ClN2O4. The van der Waals surface area contributed by atoms with Crippen molar-refractivity contribution in [1.82, 2.24) is 5.32 Å². The van der Waals surface area contributed by atoms with Crippen LogP contribution in [-0.2, 0) is 4.79 Å². The van der Waals surface area contributed by atoms with Crippen molar-refractivity contribution in [2.24, 2.45) is 0 Å². The van der Waals surface area contributed by atoms with Crippen LogP contribution >= 0.6 is 11.6 Å². The van der Waals surface area contributed by atoms with Crippen LogP contribution in [0.5, 0.6) is 0 Å². The third-order valence-corrected chi connectivity index (χ3v) is 5.40. The number of benzene rings is 1. The Labute approximate surface area is 173 Å². The van der Waals surface area contributed by atoms with E-state index in [-0.39, 0.29) is 17.7 Å². The highest BCUT2D eigenvalue weighted by atomic mass is 35.5. The van der Waals surface area contributed by atoms with E-state index in [1.165, 1.54) is 17.4 Å². The lowest BCUT2D eigenvalue weighted by molar-refractivity contribution is -0.123. The molecule has 2 amide bonds. The number of halogens is 1. The molecule has 4 rings (SSSR count). The van der Waals surface area contributed by atoms with E-state index in [1.54, 1.807) is 48.5 Å². The molecule has 0 bridgehead atoms. The third-order valence-electron chi connectivity index (χ3n) is 5.08. The van der Waals surface area contributed by atoms with E-state index in [0.29, 0.717) is 16.5 Å². The largest absolute Gasteiger partial charge is 0.467 e. The van der Waals surface area contributed by atoms with Gasteiger partial charge in [-0.15, -0.1) is 0 Å². The number of carbonyl (C=O) groups excluding carboxylic acids is 2. The van der Waals surface area contributed by atoms with Crippen molar-refractivity contribution >= 4 is 29.1 Å². The SMILES string of the molecule is O=C(NC1CCCC1)[C@@H](c1ccco1)N(C(=O)c1ccco1)c1ccccc1Cl. The predicted molar refractivity (Wildman–Crippen MR) is 109 cm³/mol. The molecule has 29 heavy (non-hydrogen) atoms. The van der Waals surface area contributed by atoms with Crippen LogP contribution in [-0.4, -0.2) is 17.9 Å². The summed E-state index contributed by atoms with van der Waals surface area (Å²) in [6.45, 7) is 0. The number of hydrogen-bond donors (Lipinski definition) is 1. The molecule has 0 saturated heterocycles. The Hall–Kier alpha value is -2.99. The molecule has 0 spiro atoms. The fraction of sp³-hybridized carbons (Fsp3) is 0.273. The minimum Gasteiger partial charge on any atom is -0.467 e. The zero-order chi connectivity index (χ0) is 20.2. The molecule has 1 aliphatic carbocycles. The zero-order valence-electron chi connectivity index (χ0n) is 15.7. The van der Waals surface area contributed by atoms with Crippen LogP contribution in [0.3, 0.4) is 0 Å². The average Bonchev–Trinajstić information content (AvgIpc) is 3.49. The van der Waals surface area contributed by atoms with Gasteiger partial charge >= 0.3 is 0 Å². The Morgan fingerprint density at radius 3 is 2.38 bits per heavy atom. The normalized spacial score (nSPS) is 15.2. The Bertz CT molecular complexity index is 963. The van der Waals surface area contributed by atoms with E-state index in [0.717, 1.165) is 25.7 Å². The van der Waals surface area contributed by atoms with Crippen molar-refractivity contribution in [1.29, 1.82) is 0 Å². The second kappa shape index (κ2) is 8.57. The number of carbonyl (C=O) groups is 2. The smallest absolute Gasteiger partial charge is 0.295 e. The van der Waals surface area contributed by atoms with E-state index < -0.39 is 11.9 Å². The van der Waals surface area contributed by atoms with Crippen molar-refractivity contribution in [3.63, 3.8) is 0 Å². The molecule has 1 fully saturated rings. The Balaban J connectivity index is 1.78. The van der Waals surface area contributed by atoms with E-state index in [2.05, 4.69) is 5.32 Å². The first kappa shape index (κ1) is 19.3. The van der Waals surface area contributed by atoms with Crippen LogP contribution in [0.1, 0.15) is 48.0 Å². The molecule has 150 valence electrons. The van der Waals surface area contributed by atoms with Gasteiger partial charge in [0.05, 0.1) is 23.2 Å². The molecule has 1 N–H and O–H groups in total. The number of nitrogens with one attached hydrogen (secondary N) is 1. The highest BCUT2D eigenvalue weighted by Crippen LogP contribution is 2.35. The van der Waals surface area contributed by atoms with E-state index in [1.807, 2.05) is 0 Å². The predicted octanol–water partition coefficient (Wildman–Crippen LogP) is 4.97.